The van der Waals surface area contributed by atoms with Gasteiger partial charge in [0.1, 0.15) is 34.9 Å². The van der Waals surface area contributed by atoms with Gasteiger partial charge in [-0.25, -0.2) is 9.59 Å². The minimum atomic E-state index is -2.03. The van der Waals surface area contributed by atoms with Gasteiger partial charge in [-0.2, -0.15) is 0 Å². The van der Waals surface area contributed by atoms with Crippen LogP contribution < -0.4 is 0 Å². The molecule has 6 aliphatic rings. The molecule has 0 aromatic heterocycles. The normalized spacial score (nSPS) is 52.4. The molecule has 6 rings (SSSR count). The molecule has 0 aromatic rings. The molecular weight excluding hydrogens is 484 g/mol. The molecule has 10 nitrogen and oxygen atoms in total. The molecule has 198 valence electrons. The SMILES string of the molecule is C=C1C2(C=CC(=O)OC2(C)C)CC(OC(C)=O)C2(C)C13OC14C(=O)OC(C)(C(=C)C12C(=O)OC4C)C3O. The van der Waals surface area contributed by atoms with Gasteiger partial charge in [0, 0.05) is 19.4 Å². The van der Waals surface area contributed by atoms with Crippen molar-refractivity contribution in [3.8, 4) is 0 Å². The van der Waals surface area contributed by atoms with E-state index in [1.54, 1.807) is 26.8 Å². The third-order valence-electron chi connectivity index (χ3n) is 10.5. The highest BCUT2D eigenvalue weighted by molar-refractivity contribution is 6.03. The number of hydrogen-bond donors (Lipinski definition) is 1. The standard InChI is InChI=1S/C27H30O10/c1-12-22(7)18(30)26-13(2)24(10-9-17(29)35-21(24,5)6)11-16(34-15(4)28)23(26,8)25(12)19(31)33-14(3)27(25,37-26)20(32)36-22/h9-10,14,16,18,30H,1-2,11H2,3-8H3. The zero-order valence-corrected chi connectivity index (χ0v) is 21.6. The Hall–Kier alpha value is -2.98. The van der Waals surface area contributed by atoms with Crippen LogP contribution in [0, 0.1) is 16.2 Å². The largest absolute Gasteiger partial charge is 0.462 e. The smallest absolute Gasteiger partial charge is 0.344 e. The number of aliphatic hydroxyl groups is 1. The van der Waals surface area contributed by atoms with Crippen LogP contribution in [0.25, 0.3) is 0 Å². The maximum Gasteiger partial charge on any atom is 0.344 e. The highest BCUT2D eigenvalue weighted by atomic mass is 16.7. The maximum absolute atomic E-state index is 14.0. The van der Waals surface area contributed by atoms with E-state index in [-0.39, 0.29) is 17.6 Å². The molecule has 37 heavy (non-hydrogen) atoms. The van der Waals surface area contributed by atoms with Crippen molar-refractivity contribution >= 4 is 23.9 Å². The van der Waals surface area contributed by atoms with Gasteiger partial charge < -0.3 is 28.8 Å². The van der Waals surface area contributed by atoms with E-state index in [4.69, 9.17) is 23.7 Å². The van der Waals surface area contributed by atoms with Crippen LogP contribution in [-0.2, 0) is 42.9 Å². The molecule has 5 fully saturated rings. The van der Waals surface area contributed by atoms with Crippen LogP contribution >= 0.6 is 0 Å². The first-order chi connectivity index (χ1) is 17.0. The number of rotatable bonds is 1. The molecular formula is C27H30O10. The number of fused-ring (bicyclic) bond motifs is 1. The average molecular weight is 515 g/mol. The summed E-state index contributed by atoms with van der Waals surface area (Å²) in [6.07, 6.45) is -0.951. The van der Waals surface area contributed by atoms with Crippen LogP contribution in [0.1, 0.15) is 48.0 Å². The molecule has 9 unspecified atom stereocenters. The Morgan fingerprint density at radius 2 is 1.70 bits per heavy atom. The van der Waals surface area contributed by atoms with Gasteiger partial charge in [-0.05, 0) is 38.8 Å². The Kier molecular flexibility index (Phi) is 4.07. The van der Waals surface area contributed by atoms with Crippen LogP contribution in [0.2, 0.25) is 0 Å². The van der Waals surface area contributed by atoms with Crippen molar-refractivity contribution in [3.05, 3.63) is 36.5 Å². The molecule has 0 aromatic carbocycles. The van der Waals surface area contributed by atoms with Crippen LogP contribution in [0.15, 0.2) is 36.5 Å². The summed E-state index contributed by atoms with van der Waals surface area (Å²) in [4.78, 5) is 52.7. The summed E-state index contributed by atoms with van der Waals surface area (Å²) in [5, 5.41) is 12.2. The Bertz CT molecular complexity index is 1300. The lowest BCUT2D eigenvalue weighted by atomic mass is 9.35. The third-order valence-corrected chi connectivity index (χ3v) is 10.5. The summed E-state index contributed by atoms with van der Waals surface area (Å²) in [7, 11) is 0. The van der Waals surface area contributed by atoms with Gasteiger partial charge in [0.05, 0.1) is 10.8 Å². The molecule has 4 aliphatic heterocycles. The number of carbonyl (C=O) groups is 4. The monoisotopic (exact) mass is 514 g/mol. The minimum absolute atomic E-state index is 0.0229. The van der Waals surface area contributed by atoms with E-state index < -0.39 is 80.8 Å². The van der Waals surface area contributed by atoms with E-state index in [1.165, 1.54) is 26.8 Å². The highest BCUT2D eigenvalue weighted by Gasteiger charge is 3.00. The van der Waals surface area contributed by atoms with Crippen LogP contribution in [-0.4, -0.2) is 69.7 Å². The van der Waals surface area contributed by atoms with E-state index in [0.29, 0.717) is 0 Å². The highest BCUT2D eigenvalue weighted by Crippen LogP contribution is 2.84. The second kappa shape index (κ2) is 6.18. The summed E-state index contributed by atoms with van der Waals surface area (Å²) >= 11 is 0. The molecule has 9 atom stereocenters. The quantitative estimate of drug-likeness (QED) is 0.311. The van der Waals surface area contributed by atoms with E-state index in [2.05, 4.69) is 13.2 Å². The van der Waals surface area contributed by atoms with E-state index in [0.717, 1.165) is 0 Å². The maximum atomic E-state index is 14.0. The Morgan fingerprint density at radius 3 is 2.30 bits per heavy atom. The molecule has 3 saturated heterocycles. The molecule has 0 radical (unpaired) electrons. The lowest BCUT2D eigenvalue weighted by Crippen LogP contribution is -2.82. The summed E-state index contributed by atoms with van der Waals surface area (Å²) in [5.74, 6) is -2.86. The fourth-order valence-corrected chi connectivity index (χ4v) is 8.75. The van der Waals surface area contributed by atoms with Gasteiger partial charge in [-0.3, -0.25) is 9.59 Å². The van der Waals surface area contributed by atoms with Gasteiger partial charge in [-0.1, -0.05) is 26.2 Å². The van der Waals surface area contributed by atoms with Crippen LogP contribution in [0.4, 0.5) is 0 Å². The number of cyclic esters (lactones) is 2. The predicted octanol–water partition coefficient (Wildman–Crippen LogP) is 1.45. The van der Waals surface area contributed by atoms with Gasteiger partial charge >= 0.3 is 23.9 Å². The first-order valence-electron chi connectivity index (χ1n) is 12.3. The lowest BCUT2D eigenvalue weighted by Gasteiger charge is -2.69. The van der Waals surface area contributed by atoms with Crippen molar-refractivity contribution in [2.75, 3.05) is 0 Å². The molecule has 3 bridgehead atoms. The molecule has 1 N–H and O–H groups in total. The number of ether oxygens (including phenoxy) is 5. The van der Waals surface area contributed by atoms with Gasteiger partial charge in [0.2, 0.25) is 5.60 Å². The molecule has 4 heterocycles. The predicted molar refractivity (Wildman–Crippen MR) is 123 cm³/mol. The van der Waals surface area contributed by atoms with Gasteiger partial charge in [0.15, 0.2) is 5.60 Å². The Morgan fingerprint density at radius 1 is 1.05 bits per heavy atom. The average Bonchev–Trinajstić information content (AvgIpc) is 3.11. The second-order valence-electron chi connectivity index (χ2n) is 12.0. The van der Waals surface area contributed by atoms with Crippen molar-refractivity contribution in [1.82, 2.24) is 0 Å². The zero-order valence-electron chi connectivity index (χ0n) is 21.6. The van der Waals surface area contributed by atoms with Crippen molar-refractivity contribution in [3.63, 3.8) is 0 Å². The summed E-state index contributed by atoms with van der Waals surface area (Å²) < 4.78 is 30.0. The van der Waals surface area contributed by atoms with E-state index in [1.807, 2.05) is 0 Å². The van der Waals surface area contributed by atoms with Gasteiger partial charge in [-0.15, -0.1) is 0 Å². The van der Waals surface area contributed by atoms with E-state index >= 15 is 0 Å². The molecule has 0 amide bonds. The fraction of sp³-hybridized carbons (Fsp3) is 0.630. The van der Waals surface area contributed by atoms with Crippen molar-refractivity contribution < 1.29 is 48.0 Å². The van der Waals surface area contributed by atoms with Crippen LogP contribution in [0.3, 0.4) is 0 Å². The van der Waals surface area contributed by atoms with Crippen molar-refractivity contribution in [2.24, 2.45) is 16.2 Å². The first kappa shape index (κ1) is 24.4. The summed E-state index contributed by atoms with van der Waals surface area (Å²) in [6.45, 7) is 17.9. The molecule has 2 aliphatic carbocycles. The zero-order chi connectivity index (χ0) is 27.4. The number of aliphatic hydroxyl groups excluding tert-OH is 1. The number of hydrogen-bond acceptors (Lipinski definition) is 10. The number of carbonyl (C=O) groups excluding carboxylic acids is 4. The molecule has 2 saturated carbocycles. The van der Waals surface area contributed by atoms with Crippen LogP contribution in [0.5, 0.6) is 0 Å². The molecule has 10 heteroatoms. The minimum Gasteiger partial charge on any atom is -0.462 e. The second-order valence-corrected chi connectivity index (χ2v) is 12.0. The Balaban J connectivity index is 1.77. The summed E-state index contributed by atoms with van der Waals surface area (Å²) in [5.41, 5.74) is -11.2. The number of esters is 4. The van der Waals surface area contributed by atoms with Gasteiger partial charge in [0.25, 0.3) is 0 Å². The fourth-order valence-electron chi connectivity index (χ4n) is 8.75. The Labute approximate surface area is 213 Å². The first-order valence-corrected chi connectivity index (χ1v) is 12.3. The topological polar surface area (TPSA) is 135 Å². The molecule has 2 spiro atoms. The van der Waals surface area contributed by atoms with Crippen molar-refractivity contribution in [2.45, 2.75) is 88.7 Å². The third kappa shape index (κ3) is 1.94. The lowest BCUT2D eigenvalue weighted by molar-refractivity contribution is -0.260. The van der Waals surface area contributed by atoms with Crippen molar-refractivity contribution in [1.29, 1.82) is 0 Å². The summed E-state index contributed by atoms with van der Waals surface area (Å²) in [6, 6.07) is 0. The van der Waals surface area contributed by atoms with E-state index in [9.17, 15) is 24.3 Å².